The molecule has 1 aliphatic heterocycles. The van der Waals surface area contributed by atoms with Gasteiger partial charge in [-0.15, -0.1) is 0 Å². The minimum Gasteiger partial charge on any atom is -0.387 e. The molecule has 0 unspecified atom stereocenters. The van der Waals surface area contributed by atoms with Gasteiger partial charge in [0.2, 0.25) is 0 Å². The third kappa shape index (κ3) is 4.71. The highest BCUT2D eigenvalue weighted by Crippen LogP contribution is 2.19. The number of nitrogens with zero attached hydrogens (tertiary/aromatic N) is 2. The van der Waals surface area contributed by atoms with Crippen LogP contribution in [0.5, 0.6) is 0 Å². The molecular weight excluding hydrogens is 278 g/mol. The summed E-state index contributed by atoms with van der Waals surface area (Å²) < 4.78 is 31.5. The van der Waals surface area contributed by atoms with E-state index in [1.54, 1.807) is 7.11 Å². The van der Waals surface area contributed by atoms with Crippen molar-refractivity contribution in [2.45, 2.75) is 6.10 Å². The van der Waals surface area contributed by atoms with Crippen molar-refractivity contribution in [1.82, 2.24) is 9.80 Å². The summed E-state index contributed by atoms with van der Waals surface area (Å²) in [6.45, 7) is 5.43. The Kier molecular flexibility index (Phi) is 6.05. The maximum atomic E-state index is 13.6. The van der Waals surface area contributed by atoms with Crippen molar-refractivity contribution in [2.24, 2.45) is 0 Å². The van der Waals surface area contributed by atoms with Gasteiger partial charge < -0.3 is 9.84 Å². The van der Waals surface area contributed by atoms with Crippen molar-refractivity contribution in [2.75, 3.05) is 53.0 Å². The average Bonchev–Trinajstić information content (AvgIpc) is 2.46. The van der Waals surface area contributed by atoms with Gasteiger partial charge in [-0.25, -0.2) is 8.78 Å². The molecule has 0 bridgehead atoms. The molecule has 0 aromatic heterocycles. The molecule has 0 radical (unpaired) electrons. The zero-order chi connectivity index (χ0) is 15.2. The summed E-state index contributed by atoms with van der Waals surface area (Å²) >= 11 is 0. The maximum absolute atomic E-state index is 13.6. The summed E-state index contributed by atoms with van der Waals surface area (Å²) in [7, 11) is 1.68. The Morgan fingerprint density at radius 3 is 2.48 bits per heavy atom. The fraction of sp³-hybridized carbons (Fsp3) is 0.600. The van der Waals surface area contributed by atoms with Crippen LogP contribution in [0.15, 0.2) is 18.2 Å². The smallest absolute Gasteiger partial charge is 0.131 e. The van der Waals surface area contributed by atoms with Gasteiger partial charge >= 0.3 is 0 Å². The van der Waals surface area contributed by atoms with Gasteiger partial charge in [-0.3, -0.25) is 9.80 Å². The summed E-state index contributed by atoms with van der Waals surface area (Å²) in [6, 6.07) is 3.29. The van der Waals surface area contributed by atoms with E-state index in [1.807, 2.05) is 0 Å². The van der Waals surface area contributed by atoms with Gasteiger partial charge in [0.15, 0.2) is 0 Å². The molecule has 2 rings (SSSR count). The third-order valence-corrected chi connectivity index (χ3v) is 3.83. The number of ether oxygens (including phenoxy) is 1. The largest absolute Gasteiger partial charge is 0.387 e. The standard InChI is InChI=1S/C15H22F2N2O2/c1-21-9-8-18-4-6-19(7-5-18)11-15(20)13-3-2-12(16)10-14(13)17/h2-3,10,15,20H,4-9,11H2,1H3/t15-/m1/s1. The van der Waals surface area contributed by atoms with Crippen LogP contribution < -0.4 is 0 Å². The minimum absolute atomic E-state index is 0.151. The van der Waals surface area contributed by atoms with Crippen LogP contribution in [0.25, 0.3) is 0 Å². The van der Waals surface area contributed by atoms with Crippen molar-refractivity contribution in [3.8, 4) is 0 Å². The van der Waals surface area contributed by atoms with E-state index in [0.29, 0.717) is 13.2 Å². The Morgan fingerprint density at radius 1 is 1.19 bits per heavy atom. The predicted molar refractivity (Wildman–Crippen MR) is 76.1 cm³/mol. The van der Waals surface area contributed by atoms with E-state index >= 15 is 0 Å². The molecule has 1 saturated heterocycles. The molecule has 21 heavy (non-hydrogen) atoms. The van der Waals surface area contributed by atoms with Gasteiger partial charge in [-0.05, 0) is 6.07 Å². The highest BCUT2D eigenvalue weighted by Gasteiger charge is 2.21. The number of piperazine rings is 1. The van der Waals surface area contributed by atoms with Gasteiger partial charge in [-0.2, -0.15) is 0 Å². The highest BCUT2D eigenvalue weighted by molar-refractivity contribution is 5.21. The molecule has 1 fully saturated rings. The van der Waals surface area contributed by atoms with Crippen molar-refractivity contribution in [3.63, 3.8) is 0 Å². The van der Waals surface area contributed by atoms with Crippen molar-refractivity contribution >= 4 is 0 Å². The lowest BCUT2D eigenvalue weighted by atomic mass is 10.1. The van der Waals surface area contributed by atoms with Crippen LogP contribution >= 0.6 is 0 Å². The van der Waals surface area contributed by atoms with Crippen LogP contribution in [0.4, 0.5) is 8.78 Å². The first kappa shape index (κ1) is 16.3. The zero-order valence-electron chi connectivity index (χ0n) is 12.3. The summed E-state index contributed by atoms with van der Waals surface area (Å²) in [6.07, 6.45) is -0.934. The lowest BCUT2D eigenvalue weighted by molar-refractivity contribution is 0.0599. The second-order valence-corrected chi connectivity index (χ2v) is 5.32. The van der Waals surface area contributed by atoms with Gasteiger partial charge in [-0.1, -0.05) is 6.07 Å². The highest BCUT2D eigenvalue weighted by atomic mass is 19.1. The van der Waals surface area contributed by atoms with E-state index < -0.39 is 17.7 Å². The van der Waals surface area contributed by atoms with Gasteiger partial charge in [0.05, 0.1) is 12.7 Å². The molecule has 0 spiro atoms. The Labute approximate surface area is 123 Å². The molecule has 1 heterocycles. The van der Waals surface area contributed by atoms with E-state index in [2.05, 4.69) is 9.80 Å². The first-order valence-electron chi connectivity index (χ1n) is 7.17. The lowest BCUT2D eigenvalue weighted by Gasteiger charge is -2.35. The number of methoxy groups -OCH3 is 1. The molecule has 1 N–H and O–H groups in total. The van der Waals surface area contributed by atoms with Crippen molar-refractivity contribution in [3.05, 3.63) is 35.4 Å². The lowest BCUT2D eigenvalue weighted by Crippen LogP contribution is -2.48. The molecular formula is C15H22F2N2O2. The molecule has 0 aliphatic carbocycles. The molecule has 4 nitrogen and oxygen atoms in total. The molecule has 1 aromatic carbocycles. The van der Waals surface area contributed by atoms with Crippen LogP contribution in [0.3, 0.4) is 0 Å². The van der Waals surface area contributed by atoms with E-state index in [9.17, 15) is 13.9 Å². The van der Waals surface area contributed by atoms with Crippen LogP contribution in [0, 0.1) is 11.6 Å². The van der Waals surface area contributed by atoms with Crippen LogP contribution in [-0.2, 0) is 4.74 Å². The molecule has 0 saturated carbocycles. The zero-order valence-corrected chi connectivity index (χ0v) is 12.3. The van der Waals surface area contributed by atoms with E-state index in [1.165, 1.54) is 12.1 Å². The van der Waals surface area contributed by atoms with Gasteiger partial charge in [0.25, 0.3) is 0 Å². The molecule has 1 atom stereocenters. The Balaban J connectivity index is 1.82. The van der Waals surface area contributed by atoms with E-state index in [-0.39, 0.29) is 5.56 Å². The summed E-state index contributed by atoms with van der Waals surface area (Å²) in [5.41, 5.74) is 0.151. The summed E-state index contributed by atoms with van der Waals surface area (Å²) in [5, 5.41) is 10.1. The summed E-state index contributed by atoms with van der Waals surface area (Å²) in [4.78, 5) is 4.39. The SMILES string of the molecule is COCCN1CCN(C[C@@H](O)c2ccc(F)cc2F)CC1. The van der Waals surface area contributed by atoms with E-state index in [0.717, 1.165) is 38.8 Å². The van der Waals surface area contributed by atoms with Gasteiger partial charge in [0.1, 0.15) is 11.6 Å². The van der Waals surface area contributed by atoms with Crippen molar-refractivity contribution in [1.29, 1.82) is 0 Å². The monoisotopic (exact) mass is 300 g/mol. The number of benzene rings is 1. The minimum atomic E-state index is -0.934. The number of aliphatic hydroxyl groups excluding tert-OH is 1. The Morgan fingerprint density at radius 2 is 1.86 bits per heavy atom. The third-order valence-electron chi connectivity index (χ3n) is 3.83. The van der Waals surface area contributed by atoms with Crippen LogP contribution in [-0.4, -0.2) is 67.9 Å². The fourth-order valence-electron chi connectivity index (χ4n) is 2.53. The molecule has 0 amide bonds. The Hall–Kier alpha value is -1.08. The normalized spacial score (nSPS) is 18.9. The quantitative estimate of drug-likeness (QED) is 0.858. The van der Waals surface area contributed by atoms with Crippen LogP contribution in [0.2, 0.25) is 0 Å². The first-order valence-corrected chi connectivity index (χ1v) is 7.17. The second kappa shape index (κ2) is 7.79. The topological polar surface area (TPSA) is 35.9 Å². The number of β-amino-alcohol motifs (C(OH)–C–C–N with tert-alkyl or cyclic N) is 1. The number of halogens is 2. The Bertz CT molecular complexity index is 451. The predicted octanol–water partition coefficient (Wildman–Crippen LogP) is 1.26. The molecule has 118 valence electrons. The van der Waals surface area contributed by atoms with E-state index in [4.69, 9.17) is 4.74 Å². The fourth-order valence-corrected chi connectivity index (χ4v) is 2.53. The van der Waals surface area contributed by atoms with Crippen LogP contribution in [0.1, 0.15) is 11.7 Å². The summed E-state index contributed by atoms with van der Waals surface area (Å²) in [5.74, 6) is -1.32. The number of hydrogen-bond acceptors (Lipinski definition) is 4. The van der Waals surface area contributed by atoms with Gasteiger partial charge in [0, 0.05) is 58.0 Å². The molecule has 1 aliphatic rings. The average molecular weight is 300 g/mol. The second-order valence-electron chi connectivity index (χ2n) is 5.32. The number of aliphatic hydroxyl groups is 1. The van der Waals surface area contributed by atoms with Crippen molar-refractivity contribution < 1.29 is 18.6 Å². The number of rotatable bonds is 6. The number of hydrogen-bond donors (Lipinski definition) is 1. The first-order chi connectivity index (χ1) is 10.1. The molecule has 1 aromatic rings. The molecule has 6 heteroatoms. The maximum Gasteiger partial charge on any atom is 0.131 e.